The Morgan fingerprint density at radius 3 is 2.68 bits per heavy atom. The van der Waals surface area contributed by atoms with Gasteiger partial charge in [0.2, 0.25) is 5.91 Å². The molecule has 0 aliphatic carbocycles. The lowest BCUT2D eigenvalue weighted by Gasteiger charge is -2.23. The SMILES string of the molecule is C[C@@H]1CN([C@@H](C)C(=O)Nc2ccccc2OC(F)F)C[C@@H]1O. The van der Waals surface area contributed by atoms with Gasteiger partial charge in [-0.15, -0.1) is 0 Å². The number of para-hydroxylation sites is 2. The fourth-order valence-corrected chi connectivity index (χ4v) is 2.47. The standard InChI is InChI=1S/C15H20F2N2O3/c1-9-7-19(8-12(9)20)10(2)14(21)18-11-5-3-4-6-13(11)22-15(16)17/h3-6,9-10,12,15,20H,7-8H2,1-2H3,(H,18,21)/t9-,10+,12+/m1/s1. The van der Waals surface area contributed by atoms with Crippen LogP contribution in [0, 0.1) is 5.92 Å². The highest BCUT2D eigenvalue weighted by Crippen LogP contribution is 2.26. The number of aliphatic hydroxyl groups excluding tert-OH is 1. The summed E-state index contributed by atoms with van der Waals surface area (Å²) in [5, 5.41) is 12.4. The Hall–Kier alpha value is -1.73. The summed E-state index contributed by atoms with van der Waals surface area (Å²) < 4.78 is 29.1. The van der Waals surface area contributed by atoms with Crippen LogP contribution in [0.4, 0.5) is 14.5 Å². The van der Waals surface area contributed by atoms with Crippen molar-refractivity contribution in [2.75, 3.05) is 18.4 Å². The number of β-amino-alcohol motifs (C(OH)–C–C–N with tert-alkyl or cyclic N) is 1. The van der Waals surface area contributed by atoms with E-state index in [1.807, 2.05) is 11.8 Å². The van der Waals surface area contributed by atoms with Crippen molar-refractivity contribution in [3.05, 3.63) is 24.3 Å². The Morgan fingerprint density at radius 2 is 2.09 bits per heavy atom. The first-order chi connectivity index (χ1) is 10.4. The zero-order chi connectivity index (χ0) is 16.3. The van der Waals surface area contributed by atoms with Crippen molar-refractivity contribution in [2.24, 2.45) is 5.92 Å². The van der Waals surface area contributed by atoms with Crippen LogP contribution in [-0.2, 0) is 4.79 Å². The van der Waals surface area contributed by atoms with Gasteiger partial charge < -0.3 is 15.2 Å². The molecule has 7 heteroatoms. The van der Waals surface area contributed by atoms with E-state index in [4.69, 9.17) is 0 Å². The molecule has 1 aliphatic rings. The number of benzene rings is 1. The predicted molar refractivity (Wildman–Crippen MR) is 77.9 cm³/mol. The first-order valence-corrected chi connectivity index (χ1v) is 7.15. The van der Waals surface area contributed by atoms with E-state index >= 15 is 0 Å². The number of anilines is 1. The van der Waals surface area contributed by atoms with Gasteiger partial charge in [0.05, 0.1) is 17.8 Å². The number of hydrogen-bond donors (Lipinski definition) is 2. The second-order valence-corrected chi connectivity index (χ2v) is 5.54. The highest BCUT2D eigenvalue weighted by atomic mass is 19.3. The lowest BCUT2D eigenvalue weighted by atomic mass is 10.1. The lowest BCUT2D eigenvalue weighted by Crippen LogP contribution is -2.41. The van der Waals surface area contributed by atoms with Crippen LogP contribution in [0.1, 0.15) is 13.8 Å². The molecule has 2 N–H and O–H groups in total. The Bertz CT molecular complexity index is 517. The maximum absolute atomic E-state index is 12.4. The smallest absolute Gasteiger partial charge is 0.387 e. The quantitative estimate of drug-likeness (QED) is 0.872. The van der Waals surface area contributed by atoms with Crippen LogP contribution in [0.2, 0.25) is 0 Å². The van der Waals surface area contributed by atoms with Gasteiger partial charge in [0.1, 0.15) is 5.75 Å². The molecule has 0 aromatic heterocycles. The van der Waals surface area contributed by atoms with Crippen LogP contribution in [-0.4, -0.2) is 47.8 Å². The van der Waals surface area contributed by atoms with E-state index in [-0.39, 0.29) is 23.3 Å². The maximum atomic E-state index is 12.4. The first-order valence-electron chi connectivity index (χ1n) is 7.15. The molecular weight excluding hydrogens is 294 g/mol. The monoisotopic (exact) mass is 314 g/mol. The number of nitrogens with zero attached hydrogens (tertiary/aromatic N) is 1. The number of halogens is 2. The molecule has 1 aromatic rings. The van der Waals surface area contributed by atoms with Crippen molar-refractivity contribution in [2.45, 2.75) is 32.6 Å². The van der Waals surface area contributed by atoms with Crippen molar-refractivity contribution >= 4 is 11.6 Å². The van der Waals surface area contributed by atoms with E-state index in [1.165, 1.54) is 12.1 Å². The molecule has 22 heavy (non-hydrogen) atoms. The van der Waals surface area contributed by atoms with Crippen LogP contribution in [0.3, 0.4) is 0 Å². The minimum Gasteiger partial charge on any atom is -0.433 e. The van der Waals surface area contributed by atoms with Gasteiger partial charge >= 0.3 is 6.61 Å². The number of amides is 1. The molecule has 1 saturated heterocycles. The minimum atomic E-state index is -2.95. The summed E-state index contributed by atoms with van der Waals surface area (Å²) in [5.41, 5.74) is 0.201. The van der Waals surface area contributed by atoms with Crippen molar-refractivity contribution in [3.8, 4) is 5.75 Å². The van der Waals surface area contributed by atoms with Gasteiger partial charge in [-0.1, -0.05) is 19.1 Å². The Balaban J connectivity index is 2.03. The van der Waals surface area contributed by atoms with Gasteiger partial charge in [-0.2, -0.15) is 8.78 Å². The summed E-state index contributed by atoms with van der Waals surface area (Å²) in [7, 11) is 0. The molecule has 122 valence electrons. The molecule has 0 bridgehead atoms. The molecule has 1 aromatic carbocycles. The number of ether oxygens (including phenoxy) is 1. The molecule has 1 heterocycles. The Kier molecular flexibility index (Phi) is 5.31. The van der Waals surface area contributed by atoms with Crippen molar-refractivity contribution in [1.29, 1.82) is 0 Å². The minimum absolute atomic E-state index is 0.0760. The van der Waals surface area contributed by atoms with Gasteiger partial charge in [0.15, 0.2) is 0 Å². The molecule has 1 aliphatic heterocycles. The summed E-state index contributed by atoms with van der Waals surface area (Å²) in [6.07, 6.45) is -0.454. The second kappa shape index (κ2) is 7.02. The van der Waals surface area contributed by atoms with E-state index in [2.05, 4.69) is 10.1 Å². The number of likely N-dealkylation sites (tertiary alicyclic amines) is 1. The van der Waals surface area contributed by atoms with E-state index in [9.17, 15) is 18.7 Å². The average molecular weight is 314 g/mol. The number of carbonyl (C=O) groups excluding carboxylic acids is 1. The van der Waals surface area contributed by atoms with E-state index in [1.54, 1.807) is 19.1 Å². The number of nitrogens with one attached hydrogen (secondary N) is 1. The highest BCUT2D eigenvalue weighted by Gasteiger charge is 2.33. The second-order valence-electron chi connectivity index (χ2n) is 5.54. The van der Waals surface area contributed by atoms with Crippen LogP contribution < -0.4 is 10.1 Å². The number of aliphatic hydroxyl groups is 1. The van der Waals surface area contributed by atoms with Gasteiger partial charge in [-0.05, 0) is 25.0 Å². The molecule has 1 fully saturated rings. The van der Waals surface area contributed by atoms with Crippen LogP contribution in [0.25, 0.3) is 0 Å². The molecule has 2 rings (SSSR count). The van der Waals surface area contributed by atoms with Crippen LogP contribution >= 0.6 is 0 Å². The third-order valence-electron chi connectivity index (χ3n) is 3.89. The summed E-state index contributed by atoms with van der Waals surface area (Å²) in [5.74, 6) is -0.302. The summed E-state index contributed by atoms with van der Waals surface area (Å²) in [6, 6.07) is 5.58. The van der Waals surface area contributed by atoms with Crippen LogP contribution in [0.5, 0.6) is 5.75 Å². The number of rotatable bonds is 5. The van der Waals surface area contributed by atoms with E-state index < -0.39 is 18.8 Å². The first kappa shape index (κ1) is 16.6. The molecule has 5 nitrogen and oxygen atoms in total. The fourth-order valence-electron chi connectivity index (χ4n) is 2.47. The van der Waals surface area contributed by atoms with Gasteiger partial charge in [0, 0.05) is 13.1 Å². The summed E-state index contributed by atoms with van der Waals surface area (Å²) in [4.78, 5) is 14.1. The highest BCUT2D eigenvalue weighted by molar-refractivity contribution is 5.95. The molecule has 0 radical (unpaired) electrons. The van der Waals surface area contributed by atoms with Crippen molar-refractivity contribution in [3.63, 3.8) is 0 Å². The Morgan fingerprint density at radius 1 is 1.41 bits per heavy atom. The maximum Gasteiger partial charge on any atom is 0.387 e. The summed E-state index contributed by atoms with van der Waals surface area (Å²) in [6.45, 7) is 1.72. The van der Waals surface area contributed by atoms with Crippen molar-refractivity contribution < 1.29 is 23.4 Å². The number of carbonyl (C=O) groups is 1. The number of hydrogen-bond acceptors (Lipinski definition) is 4. The predicted octanol–water partition coefficient (Wildman–Crippen LogP) is 1.93. The normalized spacial score (nSPS) is 23.5. The third kappa shape index (κ3) is 3.92. The fraction of sp³-hybridized carbons (Fsp3) is 0.533. The molecule has 3 atom stereocenters. The molecule has 0 spiro atoms. The van der Waals surface area contributed by atoms with Crippen LogP contribution in [0.15, 0.2) is 24.3 Å². The molecule has 1 amide bonds. The topological polar surface area (TPSA) is 61.8 Å². The third-order valence-corrected chi connectivity index (χ3v) is 3.89. The largest absolute Gasteiger partial charge is 0.433 e. The Labute approximate surface area is 127 Å². The van der Waals surface area contributed by atoms with Gasteiger partial charge in [-0.25, -0.2) is 0 Å². The molecule has 0 saturated carbocycles. The average Bonchev–Trinajstić information content (AvgIpc) is 2.79. The lowest BCUT2D eigenvalue weighted by molar-refractivity contribution is -0.120. The molecule has 0 unspecified atom stereocenters. The van der Waals surface area contributed by atoms with E-state index in [0.717, 1.165) is 0 Å². The number of alkyl halides is 2. The van der Waals surface area contributed by atoms with Crippen molar-refractivity contribution in [1.82, 2.24) is 4.90 Å². The van der Waals surface area contributed by atoms with Gasteiger partial charge in [-0.3, -0.25) is 9.69 Å². The van der Waals surface area contributed by atoms with Gasteiger partial charge in [0.25, 0.3) is 0 Å². The zero-order valence-corrected chi connectivity index (χ0v) is 12.5. The zero-order valence-electron chi connectivity index (χ0n) is 12.5. The van der Waals surface area contributed by atoms with E-state index in [0.29, 0.717) is 13.1 Å². The summed E-state index contributed by atoms with van der Waals surface area (Å²) >= 11 is 0. The molecular formula is C15H20F2N2O3.